The number of carbonyl (C=O) groups is 1. The second-order valence-electron chi connectivity index (χ2n) is 8.27. The van der Waals surface area contributed by atoms with Gasteiger partial charge in [0, 0.05) is 19.1 Å². The lowest BCUT2D eigenvalue weighted by Gasteiger charge is -2.32. The Balaban J connectivity index is 1.42. The summed E-state index contributed by atoms with van der Waals surface area (Å²) in [5, 5.41) is 11.5. The van der Waals surface area contributed by atoms with Crippen LogP contribution in [-0.2, 0) is 11.0 Å². The fourth-order valence-corrected chi connectivity index (χ4v) is 4.38. The van der Waals surface area contributed by atoms with E-state index in [2.05, 4.69) is 16.3 Å². The van der Waals surface area contributed by atoms with Gasteiger partial charge in [0.1, 0.15) is 6.42 Å². The van der Waals surface area contributed by atoms with E-state index in [0.29, 0.717) is 11.5 Å². The SMILES string of the molecule is N#CCC(=O)NC1CCC(CCN2CC=C(c3cccc(C(F)(F)F)c3)CC2)CC1. The first-order valence-electron chi connectivity index (χ1n) is 10.6. The Morgan fingerprint density at radius 3 is 2.63 bits per heavy atom. The van der Waals surface area contributed by atoms with E-state index in [0.717, 1.165) is 69.8 Å². The maximum Gasteiger partial charge on any atom is 0.416 e. The highest BCUT2D eigenvalue weighted by atomic mass is 19.4. The Hall–Kier alpha value is -2.33. The van der Waals surface area contributed by atoms with E-state index in [1.165, 1.54) is 12.1 Å². The predicted molar refractivity (Wildman–Crippen MR) is 109 cm³/mol. The van der Waals surface area contributed by atoms with Gasteiger partial charge in [-0.05, 0) is 74.3 Å². The first-order valence-corrected chi connectivity index (χ1v) is 10.6. The molecule has 0 unspecified atom stereocenters. The van der Waals surface area contributed by atoms with Gasteiger partial charge in [-0.15, -0.1) is 0 Å². The lowest BCUT2D eigenvalue weighted by molar-refractivity contribution is -0.137. The van der Waals surface area contributed by atoms with Gasteiger partial charge in [0.25, 0.3) is 0 Å². The average molecular weight is 419 g/mol. The van der Waals surface area contributed by atoms with Gasteiger partial charge >= 0.3 is 6.18 Å². The zero-order valence-corrected chi connectivity index (χ0v) is 17.0. The highest BCUT2D eigenvalue weighted by Crippen LogP contribution is 2.32. The van der Waals surface area contributed by atoms with E-state index < -0.39 is 11.7 Å². The third-order valence-corrected chi connectivity index (χ3v) is 6.16. The normalized spacial score (nSPS) is 22.8. The Kier molecular flexibility index (Phi) is 7.54. The van der Waals surface area contributed by atoms with Gasteiger partial charge in [0.2, 0.25) is 5.91 Å². The van der Waals surface area contributed by atoms with Crippen LogP contribution in [0.4, 0.5) is 13.2 Å². The van der Waals surface area contributed by atoms with Gasteiger partial charge in [-0.2, -0.15) is 18.4 Å². The summed E-state index contributed by atoms with van der Waals surface area (Å²) in [5.41, 5.74) is 1.06. The predicted octanol–water partition coefficient (Wildman–Crippen LogP) is 4.77. The minimum atomic E-state index is -4.31. The second kappa shape index (κ2) is 10.1. The molecule has 1 saturated carbocycles. The van der Waals surface area contributed by atoms with Crippen LogP contribution >= 0.6 is 0 Å². The van der Waals surface area contributed by atoms with Crippen molar-refractivity contribution in [2.24, 2.45) is 5.92 Å². The van der Waals surface area contributed by atoms with Crippen LogP contribution in [0.25, 0.3) is 5.57 Å². The van der Waals surface area contributed by atoms with Crippen molar-refractivity contribution in [1.82, 2.24) is 10.2 Å². The summed E-state index contributed by atoms with van der Waals surface area (Å²) in [6.45, 7) is 2.62. The number of alkyl halides is 3. The largest absolute Gasteiger partial charge is 0.416 e. The van der Waals surface area contributed by atoms with E-state index in [9.17, 15) is 18.0 Å². The molecule has 30 heavy (non-hydrogen) atoms. The van der Waals surface area contributed by atoms with Crippen molar-refractivity contribution in [3.8, 4) is 6.07 Å². The molecule has 1 aliphatic heterocycles. The van der Waals surface area contributed by atoms with Crippen molar-refractivity contribution >= 4 is 11.5 Å². The zero-order valence-electron chi connectivity index (χ0n) is 17.0. The molecule has 0 saturated heterocycles. The van der Waals surface area contributed by atoms with Gasteiger partial charge in [-0.1, -0.05) is 18.2 Å². The van der Waals surface area contributed by atoms with E-state index in [1.54, 1.807) is 6.07 Å². The number of nitriles is 1. The Morgan fingerprint density at radius 1 is 1.23 bits per heavy atom. The van der Waals surface area contributed by atoms with Crippen LogP contribution in [0.15, 0.2) is 30.3 Å². The molecule has 0 bridgehead atoms. The number of nitrogens with one attached hydrogen (secondary N) is 1. The number of amides is 1. The van der Waals surface area contributed by atoms with E-state index in [4.69, 9.17) is 5.26 Å². The van der Waals surface area contributed by atoms with Gasteiger partial charge in [-0.3, -0.25) is 9.69 Å². The Morgan fingerprint density at radius 2 is 2.00 bits per heavy atom. The van der Waals surface area contributed by atoms with Crippen LogP contribution in [0.3, 0.4) is 0 Å². The molecule has 162 valence electrons. The molecule has 1 fully saturated rings. The summed E-state index contributed by atoms with van der Waals surface area (Å²) < 4.78 is 38.8. The fourth-order valence-electron chi connectivity index (χ4n) is 4.38. The molecule has 0 atom stereocenters. The number of hydrogen-bond donors (Lipinski definition) is 1. The number of carbonyl (C=O) groups excluding carboxylic acids is 1. The molecule has 1 aliphatic carbocycles. The maximum absolute atomic E-state index is 12.9. The highest BCUT2D eigenvalue weighted by Gasteiger charge is 2.30. The smallest absolute Gasteiger partial charge is 0.352 e. The molecule has 1 N–H and O–H groups in total. The molecule has 1 amide bonds. The standard InChI is InChI=1S/C23H28F3N3O/c24-23(25,26)20-3-1-2-19(16-20)18-10-14-29(15-11-18)13-9-17-4-6-21(7-5-17)28-22(30)8-12-27/h1-3,10,16-17,21H,4-9,11,13-15H2,(H,28,30). The highest BCUT2D eigenvalue weighted by molar-refractivity contribution is 5.78. The summed E-state index contributed by atoms with van der Waals surface area (Å²) in [5.74, 6) is 0.459. The Labute approximate surface area is 175 Å². The molecule has 1 aromatic rings. The van der Waals surface area contributed by atoms with Crippen molar-refractivity contribution in [1.29, 1.82) is 5.26 Å². The average Bonchev–Trinajstić information content (AvgIpc) is 2.73. The third-order valence-electron chi connectivity index (χ3n) is 6.16. The van der Waals surface area contributed by atoms with Crippen molar-refractivity contribution < 1.29 is 18.0 Å². The van der Waals surface area contributed by atoms with E-state index >= 15 is 0 Å². The van der Waals surface area contributed by atoms with E-state index in [1.807, 2.05) is 6.07 Å². The molecule has 0 spiro atoms. The molecule has 3 rings (SSSR count). The quantitative estimate of drug-likeness (QED) is 0.722. The maximum atomic E-state index is 12.9. The molecule has 7 heteroatoms. The van der Waals surface area contributed by atoms with Crippen LogP contribution < -0.4 is 5.32 Å². The molecular weight excluding hydrogens is 391 g/mol. The van der Waals surface area contributed by atoms with Crippen molar-refractivity contribution in [3.05, 3.63) is 41.5 Å². The van der Waals surface area contributed by atoms with Crippen LogP contribution in [-0.4, -0.2) is 36.5 Å². The molecule has 1 aromatic carbocycles. The monoisotopic (exact) mass is 419 g/mol. The molecule has 0 aromatic heterocycles. The van der Waals surface area contributed by atoms with Gasteiger partial charge in [-0.25, -0.2) is 0 Å². The van der Waals surface area contributed by atoms with Crippen LogP contribution in [0, 0.1) is 17.2 Å². The molecule has 1 heterocycles. The van der Waals surface area contributed by atoms with Gasteiger partial charge in [0.05, 0.1) is 11.6 Å². The minimum Gasteiger partial charge on any atom is -0.352 e. The van der Waals surface area contributed by atoms with Crippen LogP contribution in [0.2, 0.25) is 0 Å². The number of hydrogen-bond acceptors (Lipinski definition) is 3. The third kappa shape index (κ3) is 6.33. The summed E-state index contributed by atoms with van der Waals surface area (Å²) in [6, 6.07) is 7.65. The van der Waals surface area contributed by atoms with Crippen molar-refractivity contribution in [3.63, 3.8) is 0 Å². The van der Waals surface area contributed by atoms with Crippen molar-refractivity contribution in [2.45, 2.75) is 57.2 Å². The number of nitrogens with zero attached hydrogens (tertiary/aromatic N) is 2. The number of benzene rings is 1. The molecule has 2 aliphatic rings. The molecular formula is C23H28F3N3O. The van der Waals surface area contributed by atoms with Crippen molar-refractivity contribution in [2.75, 3.05) is 19.6 Å². The number of rotatable bonds is 6. The topological polar surface area (TPSA) is 56.1 Å². The summed E-state index contributed by atoms with van der Waals surface area (Å²) >= 11 is 0. The first-order chi connectivity index (χ1) is 14.3. The van der Waals surface area contributed by atoms with E-state index in [-0.39, 0.29) is 18.4 Å². The number of halogens is 3. The second-order valence-corrected chi connectivity index (χ2v) is 8.27. The van der Waals surface area contributed by atoms with Crippen LogP contribution in [0.1, 0.15) is 56.1 Å². The Bertz CT molecular complexity index is 805. The molecule has 0 radical (unpaired) electrons. The van der Waals surface area contributed by atoms with Gasteiger partial charge in [0.15, 0.2) is 0 Å². The summed E-state index contributed by atoms with van der Waals surface area (Å²) in [4.78, 5) is 13.9. The van der Waals surface area contributed by atoms with Gasteiger partial charge < -0.3 is 5.32 Å². The zero-order chi connectivity index (χ0) is 21.6. The molecule has 4 nitrogen and oxygen atoms in total. The first kappa shape index (κ1) is 22.4. The fraction of sp³-hybridized carbons (Fsp3) is 0.565. The van der Waals surface area contributed by atoms with Crippen LogP contribution in [0.5, 0.6) is 0 Å². The lowest BCUT2D eigenvalue weighted by atomic mass is 9.84. The summed E-state index contributed by atoms with van der Waals surface area (Å²) in [6.07, 6.45) is 3.61. The minimum absolute atomic E-state index is 0.0785. The lowest BCUT2D eigenvalue weighted by Crippen LogP contribution is -2.38. The summed E-state index contributed by atoms with van der Waals surface area (Å²) in [7, 11) is 0.